The summed E-state index contributed by atoms with van der Waals surface area (Å²) in [6, 6.07) is 0. The molecule has 0 spiro atoms. The van der Waals surface area contributed by atoms with Crippen LogP contribution >= 0.6 is 7.60 Å². The van der Waals surface area contributed by atoms with Crippen molar-refractivity contribution < 1.29 is 43.5 Å². The van der Waals surface area contributed by atoms with E-state index in [9.17, 15) is 24.8 Å². The van der Waals surface area contributed by atoms with Crippen LogP contribution in [0.15, 0.2) is 0 Å². The molecule has 1 saturated carbocycles. The first-order valence-corrected chi connectivity index (χ1v) is 12.0. The fourth-order valence-electron chi connectivity index (χ4n) is 4.42. The van der Waals surface area contributed by atoms with Gasteiger partial charge in [0.05, 0.1) is 24.4 Å². The van der Waals surface area contributed by atoms with Crippen molar-refractivity contribution in [3.63, 3.8) is 0 Å². The number of hydrogen-bond acceptors (Lipinski definition) is 8. The van der Waals surface area contributed by atoms with Crippen molar-refractivity contribution in [1.82, 2.24) is 0 Å². The van der Waals surface area contributed by atoms with E-state index < -0.39 is 44.9 Å². The van der Waals surface area contributed by atoms with Crippen molar-refractivity contribution in [2.75, 3.05) is 19.9 Å². The summed E-state index contributed by atoms with van der Waals surface area (Å²) in [5.74, 6) is 0. The van der Waals surface area contributed by atoms with Gasteiger partial charge in [-0.25, -0.2) is 0 Å². The van der Waals surface area contributed by atoms with Crippen molar-refractivity contribution in [3.05, 3.63) is 0 Å². The van der Waals surface area contributed by atoms with Gasteiger partial charge in [0, 0.05) is 6.66 Å². The molecule has 2 aliphatic rings. The third-order valence-electron chi connectivity index (χ3n) is 5.35. The van der Waals surface area contributed by atoms with Crippen LogP contribution in [-0.2, 0) is 23.3 Å². The highest BCUT2D eigenvalue weighted by Gasteiger charge is 2.50. The van der Waals surface area contributed by atoms with Crippen LogP contribution in [0.1, 0.15) is 53.9 Å². The normalized spacial score (nSPS) is 43.3. The lowest BCUT2D eigenvalue weighted by Crippen LogP contribution is -2.60. The zero-order valence-corrected chi connectivity index (χ0v) is 19.1. The molecule has 8 atom stereocenters. The van der Waals surface area contributed by atoms with Crippen LogP contribution in [0.4, 0.5) is 0 Å². The predicted molar refractivity (Wildman–Crippen MR) is 106 cm³/mol. The Labute approximate surface area is 172 Å². The van der Waals surface area contributed by atoms with Gasteiger partial charge in [0.25, 0.3) is 0 Å². The van der Waals surface area contributed by atoms with Gasteiger partial charge in [-0.15, -0.1) is 0 Å². The van der Waals surface area contributed by atoms with Gasteiger partial charge >= 0.3 is 7.60 Å². The quantitative estimate of drug-likeness (QED) is 0.433. The van der Waals surface area contributed by atoms with Gasteiger partial charge in [-0.1, -0.05) is 6.92 Å². The highest BCUT2D eigenvalue weighted by molar-refractivity contribution is 7.51. The fraction of sp³-hybridized carbons (Fsp3) is 1.00. The number of aliphatic hydroxyl groups excluding tert-OH is 3. The molecule has 1 heterocycles. The maximum absolute atomic E-state index is 11.6. The molecule has 1 aliphatic heterocycles. The average molecular weight is 440 g/mol. The molecule has 2 fully saturated rings. The molecule has 4 N–H and O–H groups in total. The topological polar surface area (TPSA) is 135 Å². The van der Waals surface area contributed by atoms with Gasteiger partial charge < -0.3 is 34.4 Å². The fourth-order valence-corrected chi connectivity index (χ4v) is 5.12. The van der Waals surface area contributed by atoms with E-state index >= 15 is 0 Å². The Hall–Kier alpha value is -0.0900. The average Bonchev–Trinajstić information content (AvgIpc) is 2.83. The molecular formula is C19H37O9P. The molecule has 8 unspecified atom stereocenters. The van der Waals surface area contributed by atoms with E-state index in [-0.39, 0.29) is 23.2 Å². The first kappa shape index (κ1) is 25.2. The van der Waals surface area contributed by atoms with Crippen molar-refractivity contribution >= 4 is 7.60 Å². The molecule has 2 rings (SSSR count). The van der Waals surface area contributed by atoms with E-state index in [4.69, 9.17) is 18.7 Å². The Morgan fingerprint density at radius 1 is 1.17 bits per heavy atom. The minimum Gasteiger partial charge on any atom is -0.394 e. The van der Waals surface area contributed by atoms with E-state index in [1.165, 1.54) is 0 Å². The molecule has 0 radical (unpaired) electrons. The molecule has 0 aromatic carbocycles. The van der Waals surface area contributed by atoms with Crippen LogP contribution in [0.25, 0.3) is 0 Å². The van der Waals surface area contributed by atoms with Crippen molar-refractivity contribution in [3.8, 4) is 0 Å². The first-order chi connectivity index (χ1) is 13.1. The highest BCUT2D eigenvalue weighted by Crippen LogP contribution is 2.48. The van der Waals surface area contributed by atoms with E-state index in [0.717, 1.165) is 25.9 Å². The van der Waals surface area contributed by atoms with Crippen LogP contribution in [0.3, 0.4) is 0 Å². The SMILES string of the molecule is CC1(COC2OC(CO)C(O)C(OP(C)(=O)O)C2O)CCC(C)(OC(C)(C)C)C1. The van der Waals surface area contributed by atoms with Gasteiger partial charge in [-0.3, -0.25) is 9.09 Å². The zero-order valence-electron chi connectivity index (χ0n) is 18.2. The first-order valence-electron chi connectivity index (χ1n) is 9.99. The molecule has 0 aromatic rings. The monoisotopic (exact) mass is 440 g/mol. The Morgan fingerprint density at radius 2 is 1.79 bits per heavy atom. The van der Waals surface area contributed by atoms with Crippen LogP contribution in [0, 0.1) is 5.41 Å². The molecular weight excluding hydrogens is 403 g/mol. The van der Waals surface area contributed by atoms with E-state index in [1.54, 1.807) is 0 Å². The number of hydrogen-bond donors (Lipinski definition) is 4. The van der Waals surface area contributed by atoms with Gasteiger partial charge in [0.15, 0.2) is 6.29 Å². The van der Waals surface area contributed by atoms with Gasteiger partial charge in [-0.2, -0.15) is 0 Å². The highest BCUT2D eigenvalue weighted by atomic mass is 31.2. The van der Waals surface area contributed by atoms with Crippen molar-refractivity contribution in [1.29, 1.82) is 0 Å². The Bertz CT molecular complexity index is 603. The summed E-state index contributed by atoms with van der Waals surface area (Å²) < 4.78 is 34.2. The molecule has 0 bridgehead atoms. The number of rotatable bonds is 7. The lowest BCUT2D eigenvalue weighted by Gasteiger charge is -2.42. The van der Waals surface area contributed by atoms with E-state index in [0.29, 0.717) is 0 Å². The second kappa shape index (κ2) is 8.81. The smallest absolute Gasteiger partial charge is 0.325 e. The molecule has 29 heavy (non-hydrogen) atoms. The van der Waals surface area contributed by atoms with Gasteiger partial charge in [0.2, 0.25) is 0 Å². The Morgan fingerprint density at radius 3 is 2.31 bits per heavy atom. The van der Waals surface area contributed by atoms with Crippen LogP contribution < -0.4 is 0 Å². The molecule has 9 nitrogen and oxygen atoms in total. The number of ether oxygens (including phenoxy) is 3. The third kappa shape index (κ3) is 6.95. The summed E-state index contributed by atoms with van der Waals surface area (Å²) in [6.07, 6.45) is -4.22. The van der Waals surface area contributed by atoms with E-state index in [2.05, 4.69) is 13.8 Å². The zero-order chi connectivity index (χ0) is 22.3. The minimum absolute atomic E-state index is 0.221. The van der Waals surface area contributed by atoms with Crippen molar-refractivity contribution in [2.24, 2.45) is 5.41 Å². The van der Waals surface area contributed by atoms with Crippen LogP contribution in [0.5, 0.6) is 0 Å². The number of aliphatic hydroxyl groups is 3. The predicted octanol–water partition coefficient (Wildman–Crippen LogP) is 1.41. The lowest BCUT2D eigenvalue weighted by atomic mass is 9.87. The standard InChI is InChI=1S/C19H37O9P/c1-17(2,3)28-19(5)8-7-18(4,10-19)11-25-16-14(22)15(27-29(6,23)24)13(21)12(9-20)26-16/h12-16,20-22H,7-11H2,1-6H3,(H,23,24). The van der Waals surface area contributed by atoms with Gasteiger partial charge in [0.1, 0.15) is 24.4 Å². The lowest BCUT2D eigenvalue weighted by molar-refractivity contribution is -0.302. The molecule has 172 valence electrons. The largest absolute Gasteiger partial charge is 0.394 e. The van der Waals surface area contributed by atoms with Crippen LogP contribution in [-0.4, -0.2) is 82.0 Å². The van der Waals surface area contributed by atoms with Crippen LogP contribution in [0.2, 0.25) is 0 Å². The Kier molecular flexibility index (Phi) is 7.64. The summed E-state index contributed by atoms with van der Waals surface area (Å²) in [5, 5.41) is 30.2. The second-order valence-electron chi connectivity index (χ2n) is 10.0. The minimum atomic E-state index is -3.99. The molecule has 0 amide bonds. The third-order valence-corrected chi connectivity index (χ3v) is 5.98. The summed E-state index contributed by atoms with van der Waals surface area (Å²) >= 11 is 0. The summed E-state index contributed by atoms with van der Waals surface area (Å²) in [4.78, 5) is 9.50. The van der Waals surface area contributed by atoms with Gasteiger partial charge in [-0.05, 0) is 52.4 Å². The summed E-state index contributed by atoms with van der Waals surface area (Å²) in [7, 11) is -3.99. The maximum Gasteiger partial charge on any atom is 0.325 e. The maximum atomic E-state index is 11.6. The molecule has 10 heteroatoms. The molecule has 0 aromatic heterocycles. The Balaban J connectivity index is 2.04. The molecule has 1 saturated heterocycles. The van der Waals surface area contributed by atoms with E-state index in [1.807, 2.05) is 20.8 Å². The molecule has 1 aliphatic carbocycles. The van der Waals surface area contributed by atoms with Crippen molar-refractivity contribution in [2.45, 2.75) is 95.8 Å². The summed E-state index contributed by atoms with van der Waals surface area (Å²) in [5.41, 5.74) is -0.776. The summed E-state index contributed by atoms with van der Waals surface area (Å²) in [6.45, 7) is 10.9. The second-order valence-corrected chi connectivity index (χ2v) is 11.9.